The van der Waals surface area contributed by atoms with Gasteiger partial charge in [-0.15, -0.1) is 0 Å². The molecule has 0 aliphatic carbocycles. The molecule has 1 aromatic carbocycles. The lowest BCUT2D eigenvalue weighted by Gasteiger charge is -2.08. The van der Waals surface area contributed by atoms with Crippen molar-refractivity contribution < 1.29 is 29.6 Å². The fourth-order valence-electron chi connectivity index (χ4n) is 1.34. The van der Waals surface area contributed by atoms with Gasteiger partial charge in [-0.3, -0.25) is 9.59 Å². The van der Waals surface area contributed by atoms with Crippen molar-refractivity contribution in [1.82, 2.24) is 0 Å². The minimum Gasteiger partial charge on any atom is -0.508 e. The van der Waals surface area contributed by atoms with E-state index in [1.54, 1.807) is 0 Å². The Balaban J connectivity index is 3.00. The summed E-state index contributed by atoms with van der Waals surface area (Å²) in [6, 6.07) is 2.28. The largest absolute Gasteiger partial charge is 0.508 e. The van der Waals surface area contributed by atoms with E-state index in [-0.39, 0.29) is 29.0 Å². The molecule has 0 aliphatic heterocycles. The first kappa shape index (κ1) is 12.8. The van der Waals surface area contributed by atoms with E-state index in [0.29, 0.717) is 0 Å². The van der Waals surface area contributed by atoms with Crippen LogP contribution < -0.4 is 0 Å². The number of aliphatic carboxylic acids is 1. The second kappa shape index (κ2) is 5.20. The van der Waals surface area contributed by atoms with Crippen LogP contribution in [0.2, 0.25) is 0 Å². The van der Waals surface area contributed by atoms with Crippen molar-refractivity contribution in [3.8, 4) is 11.5 Å². The topological polar surface area (TPSA) is 104 Å². The molecular weight excluding hydrogens is 228 g/mol. The molecule has 3 N–H and O–H groups in total. The normalized spacial score (nSPS) is 9.94. The maximum atomic E-state index is 11.0. The van der Waals surface area contributed by atoms with Gasteiger partial charge in [-0.05, 0) is 12.1 Å². The van der Waals surface area contributed by atoms with Gasteiger partial charge in [0.1, 0.15) is 11.5 Å². The molecule has 1 rings (SSSR count). The van der Waals surface area contributed by atoms with Gasteiger partial charge in [-0.25, -0.2) is 0 Å². The standard InChI is InChI=1S/C11H12O6/c1-17-11(16)5-7-3-8(12)6(2-9(7)13)4-10(14)15/h2-3,12-13H,4-5H2,1H3,(H,14,15). The molecule has 0 spiro atoms. The lowest BCUT2D eigenvalue weighted by molar-refractivity contribution is -0.140. The molecule has 0 heterocycles. The van der Waals surface area contributed by atoms with Gasteiger partial charge in [-0.1, -0.05) is 0 Å². The van der Waals surface area contributed by atoms with E-state index in [1.165, 1.54) is 7.11 Å². The summed E-state index contributed by atoms with van der Waals surface area (Å²) in [6.07, 6.45) is -0.596. The van der Waals surface area contributed by atoms with Crippen molar-refractivity contribution >= 4 is 11.9 Å². The van der Waals surface area contributed by atoms with E-state index < -0.39 is 18.4 Å². The number of phenolic OH excluding ortho intramolecular Hbond substituents is 2. The maximum absolute atomic E-state index is 11.0. The zero-order valence-corrected chi connectivity index (χ0v) is 9.14. The number of methoxy groups -OCH3 is 1. The van der Waals surface area contributed by atoms with Crippen LogP contribution in [0.3, 0.4) is 0 Å². The van der Waals surface area contributed by atoms with Crippen molar-refractivity contribution in [3.05, 3.63) is 23.3 Å². The minimum absolute atomic E-state index is 0.0867. The Morgan fingerprint density at radius 2 is 1.59 bits per heavy atom. The average Bonchev–Trinajstić information content (AvgIpc) is 2.24. The molecule has 0 saturated heterocycles. The number of rotatable bonds is 4. The Hall–Kier alpha value is -2.24. The van der Waals surface area contributed by atoms with E-state index in [2.05, 4.69) is 4.74 Å². The smallest absolute Gasteiger partial charge is 0.310 e. The highest BCUT2D eigenvalue weighted by Crippen LogP contribution is 2.28. The lowest BCUT2D eigenvalue weighted by atomic mass is 10.0. The first-order chi connectivity index (χ1) is 7.93. The molecule has 6 nitrogen and oxygen atoms in total. The number of hydrogen-bond donors (Lipinski definition) is 3. The number of carboxylic acid groups (broad SMARTS) is 1. The summed E-state index contributed by atoms with van der Waals surface area (Å²) in [6.45, 7) is 0. The Morgan fingerprint density at radius 3 is 2.00 bits per heavy atom. The van der Waals surface area contributed by atoms with Crippen LogP contribution in [0, 0.1) is 0 Å². The molecular formula is C11H12O6. The molecule has 0 fully saturated rings. The maximum Gasteiger partial charge on any atom is 0.310 e. The molecule has 92 valence electrons. The van der Waals surface area contributed by atoms with Crippen LogP contribution in [0.1, 0.15) is 11.1 Å². The number of aromatic hydroxyl groups is 2. The second-order valence-corrected chi connectivity index (χ2v) is 3.43. The summed E-state index contributed by atoms with van der Waals surface area (Å²) in [4.78, 5) is 21.5. The summed E-state index contributed by atoms with van der Waals surface area (Å²) in [5.74, 6) is -2.21. The molecule has 6 heteroatoms. The Labute approximate surface area is 97.1 Å². The van der Waals surface area contributed by atoms with Crippen molar-refractivity contribution in [3.63, 3.8) is 0 Å². The van der Waals surface area contributed by atoms with Crippen molar-refractivity contribution in [2.75, 3.05) is 7.11 Å². The van der Waals surface area contributed by atoms with Crippen LogP contribution in [0.15, 0.2) is 12.1 Å². The first-order valence-corrected chi connectivity index (χ1v) is 4.76. The molecule has 1 aromatic rings. The second-order valence-electron chi connectivity index (χ2n) is 3.43. The number of hydrogen-bond acceptors (Lipinski definition) is 5. The van der Waals surface area contributed by atoms with Crippen LogP contribution in [0.5, 0.6) is 11.5 Å². The molecule has 0 saturated carbocycles. The van der Waals surface area contributed by atoms with E-state index in [0.717, 1.165) is 12.1 Å². The molecule has 0 bridgehead atoms. The highest BCUT2D eigenvalue weighted by Gasteiger charge is 2.14. The van der Waals surface area contributed by atoms with Crippen LogP contribution in [0.25, 0.3) is 0 Å². The van der Waals surface area contributed by atoms with E-state index in [4.69, 9.17) is 5.11 Å². The number of carbonyl (C=O) groups excluding carboxylic acids is 1. The highest BCUT2D eigenvalue weighted by molar-refractivity contribution is 5.75. The van der Waals surface area contributed by atoms with Gasteiger partial charge in [-0.2, -0.15) is 0 Å². The highest BCUT2D eigenvalue weighted by atomic mass is 16.5. The molecule has 0 unspecified atom stereocenters. The van der Waals surface area contributed by atoms with Crippen LogP contribution in [-0.4, -0.2) is 34.4 Å². The molecule has 0 radical (unpaired) electrons. The summed E-state index contributed by atoms with van der Waals surface area (Å²) in [5.41, 5.74) is 0.270. The Morgan fingerprint density at radius 1 is 1.12 bits per heavy atom. The van der Waals surface area contributed by atoms with Gasteiger partial charge in [0.15, 0.2) is 0 Å². The SMILES string of the molecule is COC(=O)Cc1cc(O)c(CC(=O)O)cc1O. The van der Waals surface area contributed by atoms with Crippen molar-refractivity contribution in [2.24, 2.45) is 0 Å². The number of esters is 1. The lowest BCUT2D eigenvalue weighted by Crippen LogP contribution is -2.06. The van der Waals surface area contributed by atoms with Crippen LogP contribution in [0.4, 0.5) is 0 Å². The zero-order chi connectivity index (χ0) is 13.0. The summed E-state index contributed by atoms with van der Waals surface area (Å²) >= 11 is 0. The van der Waals surface area contributed by atoms with Crippen molar-refractivity contribution in [2.45, 2.75) is 12.8 Å². The molecule has 0 amide bonds. The van der Waals surface area contributed by atoms with Crippen LogP contribution in [-0.2, 0) is 27.2 Å². The third-order valence-corrected chi connectivity index (χ3v) is 2.18. The van der Waals surface area contributed by atoms with Gasteiger partial charge in [0.25, 0.3) is 0 Å². The summed E-state index contributed by atoms with van der Waals surface area (Å²) in [5, 5.41) is 27.7. The molecule has 0 atom stereocenters. The van der Waals surface area contributed by atoms with Gasteiger partial charge >= 0.3 is 11.9 Å². The monoisotopic (exact) mass is 240 g/mol. The van der Waals surface area contributed by atoms with Gasteiger partial charge < -0.3 is 20.1 Å². The van der Waals surface area contributed by atoms with E-state index >= 15 is 0 Å². The third-order valence-electron chi connectivity index (χ3n) is 2.18. The average molecular weight is 240 g/mol. The Bertz CT molecular complexity index is 452. The van der Waals surface area contributed by atoms with Gasteiger partial charge in [0, 0.05) is 11.1 Å². The Kier molecular flexibility index (Phi) is 3.92. The predicted molar refractivity (Wildman–Crippen MR) is 56.8 cm³/mol. The summed E-state index contributed by atoms with van der Waals surface area (Å²) in [7, 11) is 1.21. The number of carbonyl (C=O) groups is 2. The van der Waals surface area contributed by atoms with E-state index in [1.807, 2.05) is 0 Å². The van der Waals surface area contributed by atoms with Crippen molar-refractivity contribution in [1.29, 1.82) is 0 Å². The van der Waals surface area contributed by atoms with Crippen LogP contribution >= 0.6 is 0 Å². The van der Waals surface area contributed by atoms with E-state index in [9.17, 15) is 19.8 Å². The predicted octanol–water partition coefficient (Wildman–Crippen LogP) is 0.440. The summed E-state index contributed by atoms with van der Waals surface area (Å²) < 4.78 is 4.42. The minimum atomic E-state index is -1.12. The van der Waals surface area contributed by atoms with Gasteiger partial charge in [0.2, 0.25) is 0 Å². The molecule has 17 heavy (non-hydrogen) atoms. The molecule has 0 aromatic heterocycles. The fraction of sp³-hybridized carbons (Fsp3) is 0.273. The number of carboxylic acids is 1. The third kappa shape index (κ3) is 3.37. The number of ether oxygens (including phenoxy) is 1. The van der Waals surface area contributed by atoms with Gasteiger partial charge in [0.05, 0.1) is 20.0 Å². The molecule has 0 aliphatic rings. The number of benzene rings is 1. The first-order valence-electron chi connectivity index (χ1n) is 4.76. The number of phenols is 2. The zero-order valence-electron chi connectivity index (χ0n) is 9.14. The quantitative estimate of drug-likeness (QED) is 0.521. The fourth-order valence-corrected chi connectivity index (χ4v) is 1.34.